The first kappa shape index (κ1) is 10.1. The van der Waals surface area contributed by atoms with E-state index in [0.717, 1.165) is 0 Å². The Hall–Kier alpha value is -0.940. The standard InChI is InChI=1S/C8H10FNO2S/c1-6-2-3-7(4-8(6)9)5-13(10,11)12/h2-4H,5H2,1H3,(H2,10,11,12). The molecule has 0 unspecified atom stereocenters. The van der Waals surface area contributed by atoms with E-state index >= 15 is 0 Å². The Morgan fingerprint density at radius 2 is 2.08 bits per heavy atom. The molecule has 0 aliphatic rings. The summed E-state index contributed by atoms with van der Waals surface area (Å²) >= 11 is 0. The molecule has 0 heterocycles. The number of benzene rings is 1. The monoisotopic (exact) mass is 203 g/mol. The average molecular weight is 203 g/mol. The smallest absolute Gasteiger partial charge is 0.213 e. The van der Waals surface area contributed by atoms with Gasteiger partial charge in [-0.15, -0.1) is 0 Å². The van der Waals surface area contributed by atoms with Crippen molar-refractivity contribution in [1.82, 2.24) is 0 Å². The van der Waals surface area contributed by atoms with E-state index in [1.807, 2.05) is 0 Å². The van der Waals surface area contributed by atoms with Gasteiger partial charge in [-0.3, -0.25) is 0 Å². The zero-order valence-corrected chi connectivity index (χ0v) is 7.94. The maximum atomic E-state index is 12.9. The zero-order valence-electron chi connectivity index (χ0n) is 7.12. The fourth-order valence-electron chi connectivity index (χ4n) is 0.958. The lowest BCUT2D eigenvalue weighted by Crippen LogP contribution is -2.14. The Bertz CT molecular complexity index is 414. The highest BCUT2D eigenvalue weighted by Gasteiger charge is 2.06. The van der Waals surface area contributed by atoms with Gasteiger partial charge in [0.1, 0.15) is 5.82 Å². The van der Waals surface area contributed by atoms with Gasteiger partial charge in [-0.2, -0.15) is 0 Å². The van der Waals surface area contributed by atoms with Crippen molar-refractivity contribution in [2.45, 2.75) is 12.7 Å². The molecule has 0 radical (unpaired) electrons. The fourth-order valence-corrected chi connectivity index (χ4v) is 1.60. The minimum atomic E-state index is -3.57. The van der Waals surface area contributed by atoms with Crippen molar-refractivity contribution in [3.63, 3.8) is 0 Å². The molecule has 0 spiro atoms. The molecule has 0 fully saturated rings. The first-order chi connectivity index (χ1) is 5.88. The summed E-state index contributed by atoms with van der Waals surface area (Å²) < 4.78 is 34.2. The molecule has 72 valence electrons. The Kier molecular flexibility index (Phi) is 2.68. The van der Waals surface area contributed by atoms with Crippen LogP contribution >= 0.6 is 0 Å². The normalized spacial score (nSPS) is 11.6. The highest BCUT2D eigenvalue weighted by Crippen LogP contribution is 2.10. The van der Waals surface area contributed by atoms with Gasteiger partial charge in [-0.1, -0.05) is 12.1 Å². The molecule has 1 rings (SSSR count). The predicted molar refractivity (Wildman–Crippen MR) is 47.9 cm³/mol. The van der Waals surface area contributed by atoms with Gasteiger partial charge in [-0.25, -0.2) is 17.9 Å². The molecule has 0 saturated heterocycles. The fraction of sp³-hybridized carbons (Fsp3) is 0.250. The number of rotatable bonds is 2. The summed E-state index contributed by atoms with van der Waals surface area (Å²) in [5, 5.41) is 4.81. The van der Waals surface area contributed by atoms with Gasteiger partial charge < -0.3 is 0 Å². The molecule has 0 aliphatic heterocycles. The number of primary sulfonamides is 1. The summed E-state index contributed by atoms with van der Waals surface area (Å²) in [5.74, 6) is -0.745. The highest BCUT2D eigenvalue weighted by atomic mass is 32.2. The van der Waals surface area contributed by atoms with Crippen LogP contribution in [0.1, 0.15) is 11.1 Å². The summed E-state index contributed by atoms with van der Waals surface area (Å²) in [7, 11) is -3.57. The first-order valence-corrected chi connectivity index (χ1v) is 5.35. The second-order valence-corrected chi connectivity index (χ2v) is 4.51. The van der Waals surface area contributed by atoms with Crippen LogP contribution in [0.2, 0.25) is 0 Å². The maximum absolute atomic E-state index is 12.9. The van der Waals surface area contributed by atoms with E-state index in [-0.39, 0.29) is 5.75 Å². The van der Waals surface area contributed by atoms with Crippen molar-refractivity contribution in [3.8, 4) is 0 Å². The molecular formula is C8H10FNO2S. The summed E-state index contributed by atoms with van der Waals surface area (Å²) in [4.78, 5) is 0. The van der Waals surface area contributed by atoms with Crippen molar-refractivity contribution in [1.29, 1.82) is 0 Å². The molecule has 1 aromatic rings. The van der Waals surface area contributed by atoms with Crippen LogP contribution in [-0.4, -0.2) is 8.42 Å². The second kappa shape index (κ2) is 3.43. The molecule has 5 heteroatoms. The molecule has 0 aromatic heterocycles. The predicted octanol–water partition coefficient (Wildman–Crippen LogP) is 0.923. The maximum Gasteiger partial charge on any atom is 0.213 e. The van der Waals surface area contributed by atoms with Crippen LogP contribution in [0.25, 0.3) is 0 Å². The number of nitrogens with two attached hydrogens (primary N) is 1. The van der Waals surface area contributed by atoms with Gasteiger partial charge >= 0.3 is 0 Å². The van der Waals surface area contributed by atoms with Crippen molar-refractivity contribution in [2.24, 2.45) is 5.14 Å². The quantitative estimate of drug-likeness (QED) is 0.777. The molecule has 0 aliphatic carbocycles. The van der Waals surface area contributed by atoms with Crippen LogP contribution in [0.5, 0.6) is 0 Å². The van der Waals surface area contributed by atoms with Gasteiger partial charge in [0.05, 0.1) is 5.75 Å². The molecule has 3 nitrogen and oxygen atoms in total. The van der Waals surface area contributed by atoms with E-state index in [1.54, 1.807) is 13.0 Å². The molecular weight excluding hydrogens is 193 g/mol. The van der Waals surface area contributed by atoms with Gasteiger partial charge in [0.15, 0.2) is 0 Å². The van der Waals surface area contributed by atoms with Gasteiger partial charge in [0.25, 0.3) is 0 Å². The Morgan fingerprint density at radius 1 is 1.46 bits per heavy atom. The summed E-state index contributed by atoms with van der Waals surface area (Å²) in [6.07, 6.45) is 0. The van der Waals surface area contributed by atoms with E-state index < -0.39 is 15.8 Å². The van der Waals surface area contributed by atoms with Crippen LogP contribution in [0.15, 0.2) is 18.2 Å². The minimum Gasteiger partial charge on any atom is -0.228 e. The highest BCUT2D eigenvalue weighted by molar-refractivity contribution is 7.88. The number of hydrogen-bond acceptors (Lipinski definition) is 2. The lowest BCUT2D eigenvalue weighted by molar-refractivity contribution is 0.596. The third-order valence-electron chi connectivity index (χ3n) is 1.60. The van der Waals surface area contributed by atoms with E-state index in [0.29, 0.717) is 11.1 Å². The Labute approximate surface area is 76.4 Å². The summed E-state index contributed by atoms with van der Waals surface area (Å²) in [6.45, 7) is 1.61. The second-order valence-electron chi connectivity index (χ2n) is 2.89. The van der Waals surface area contributed by atoms with Crippen molar-refractivity contribution in [3.05, 3.63) is 35.1 Å². The molecule has 2 N–H and O–H groups in total. The topological polar surface area (TPSA) is 60.2 Å². The summed E-state index contributed by atoms with van der Waals surface area (Å²) in [5.41, 5.74) is 0.851. The average Bonchev–Trinajstić information content (AvgIpc) is 1.94. The third-order valence-corrected chi connectivity index (χ3v) is 2.34. The minimum absolute atomic E-state index is 0.329. The number of hydrogen-bond donors (Lipinski definition) is 1. The molecule has 0 atom stereocenters. The van der Waals surface area contributed by atoms with Crippen molar-refractivity contribution >= 4 is 10.0 Å². The van der Waals surface area contributed by atoms with E-state index in [1.165, 1.54) is 12.1 Å². The van der Waals surface area contributed by atoms with Crippen LogP contribution in [0, 0.1) is 12.7 Å². The Balaban J connectivity index is 2.99. The molecule has 0 amide bonds. The largest absolute Gasteiger partial charge is 0.228 e. The van der Waals surface area contributed by atoms with Crippen LogP contribution in [0.3, 0.4) is 0 Å². The number of halogens is 1. The Morgan fingerprint density at radius 3 is 2.54 bits per heavy atom. The summed E-state index contributed by atoms with van der Waals surface area (Å²) in [6, 6.07) is 4.25. The third kappa shape index (κ3) is 3.12. The zero-order chi connectivity index (χ0) is 10.1. The van der Waals surface area contributed by atoms with E-state index in [4.69, 9.17) is 5.14 Å². The lowest BCUT2D eigenvalue weighted by atomic mass is 10.2. The lowest BCUT2D eigenvalue weighted by Gasteiger charge is -2.01. The van der Waals surface area contributed by atoms with Crippen molar-refractivity contribution < 1.29 is 12.8 Å². The SMILES string of the molecule is Cc1ccc(CS(N)(=O)=O)cc1F. The van der Waals surface area contributed by atoms with Crippen LogP contribution in [0.4, 0.5) is 4.39 Å². The number of sulfonamides is 1. The molecule has 1 aromatic carbocycles. The van der Waals surface area contributed by atoms with Crippen molar-refractivity contribution in [2.75, 3.05) is 0 Å². The first-order valence-electron chi connectivity index (χ1n) is 3.64. The molecule has 13 heavy (non-hydrogen) atoms. The molecule has 0 bridgehead atoms. The molecule has 0 saturated carbocycles. The number of aryl methyl sites for hydroxylation is 1. The van der Waals surface area contributed by atoms with E-state index in [9.17, 15) is 12.8 Å². The van der Waals surface area contributed by atoms with Crippen LogP contribution in [-0.2, 0) is 15.8 Å². The van der Waals surface area contributed by atoms with Gasteiger partial charge in [0.2, 0.25) is 10.0 Å². The van der Waals surface area contributed by atoms with E-state index in [2.05, 4.69) is 0 Å². The van der Waals surface area contributed by atoms with Gasteiger partial charge in [0, 0.05) is 0 Å². The van der Waals surface area contributed by atoms with Gasteiger partial charge in [-0.05, 0) is 24.1 Å². The van der Waals surface area contributed by atoms with Crippen LogP contribution < -0.4 is 5.14 Å².